The first-order valence-electron chi connectivity index (χ1n) is 6.67. The molecule has 3 rings (SSSR count). The molecular weight excluding hydrogens is 278 g/mol. The molecule has 1 heterocycles. The lowest BCUT2D eigenvalue weighted by molar-refractivity contribution is -0.112. The average molecular weight is 289 g/mol. The molecule has 0 bridgehead atoms. The van der Waals surface area contributed by atoms with Crippen LogP contribution in [0.25, 0.3) is 0 Å². The summed E-state index contributed by atoms with van der Waals surface area (Å²) in [7, 11) is 0. The van der Waals surface area contributed by atoms with E-state index in [1.807, 2.05) is 12.1 Å². The molecule has 1 atom stereocenters. The largest absolute Gasteiger partial charge is 0.444 e. The maximum atomic E-state index is 12.3. The van der Waals surface area contributed by atoms with Gasteiger partial charge in [-0.15, -0.1) is 0 Å². The van der Waals surface area contributed by atoms with Gasteiger partial charge in [-0.25, -0.2) is 0 Å². The van der Waals surface area contributed by atoms with Crippen LogP contribution in [0.15, 0.2) is 59.2 Å². The second kappa shape index (κ2) is 5.23. The fraction of sp³-hybridized carbons (Fsp3) is 0.118. The number of ketones is 1. The molecule has 0 radical (unpaired) electrons. The second-order valence-electron chi connectivity index (χ2n) is 4.97. The third-order valence-electron chi connectivity index (χ3n) is 3.71. The van der Waals surface area contributed by atoms with Gasteiger partial charge in [0.2, 0.25) is 5.88 Å². The van der Waals surface area contributed by atoms with Crippen molar-refractivity contribution in [2.45, 2.75) is 12.3 Å². The van der Waals surface area contributed by atoms with E-state index in [1.165, 1.54) is 6.08 Å². The van der Waals surface area contributed by atoms with Gasteiger partial charge in [-0.1, -0.05) is 18.2 Å². The first-order chi connectivity index (χ1) is 10.7. The third kappa shape index (κ3) is 2.06. The molecule has 5 heteroatoms. The van der Waals surface area contributed by atoms with Crippen molar-refractivity contribution in [1.82, 2.24) is 0 Å². The van der Waals surface area contributed by atoms with Crippen molar-refractivity contribution in [3.8, 4) is 12.1 Å². The van der Waals surface area contributed by atoms with Crippen molar-refractivity contribution in [3.05, 3.63) is 70.3 Å². The number of nitrogens with zero attached hydrogens (tertiary/aromatic N) is 2. The first kappa shape index (κ1) is 13.7. The molecule has 0 spiro atoms. The van der Waals surface area contributed by atoms with E-state index in [2.05, 4.69) is 0 Å². The van der Waals surface area contributed by atoms with Crippen molar-refractivity contribution in [1.29, 1.82) is 10.5 Å². The summed E-state index contributed by atoms with van der Waals surface area (Å²) in [6.07, 6.45) is 3.66. The lowest BCUT2D eigenvalue weighted by Crippen LogP contribution is -2.25. The van der Waals surface area contributed by atoms with Gasteiger partial charge in [0.05, 0.1) is 23.1 Å². The van der Waals surface area contributed by atoms with Crippen LogP contribution in [0, 0.1) is 22.7 Å². The Morgan fingerprint density at radius 2 is 1.91 bits per heavy atom. The number of rotatable bonds is 1. The van der Waals surface area contributed by atoms with Crippen LogP contribution in [0.4, 0.5) is 0 Å². The van der Waals surface area contributed by atoms with Crippen LogP contribution in [-0.2, 0) is 9.53 Å². The Morgan fingerprint density at radius 3 is 2.55 bits per heavy atom. The summed E-state index contributed by atoms with van der Waals surface area (Å²) in [5, 5.41) is 18.3. The number of benzene rings is 1. The van der Waals surface area contributed by atoms with Gasteiger partial charge in [-0.3, -0.25) is 4.79 Å². The molecule has 1 aliphatic carbocycles. The number of hydrogen-bond donors (Lipinski definition) is 1. The zero-order valence-corrected chi connectivity index (χ0v) is 11.5. The van der Waals surface area contributed by atoms with E-state index in [4.69, 9.17) is 15.7 Å². The lowest BCUT2D eigenvalue weighted by atomic mass is 9.79. The second-order valence-corrected chi connectivity index (χ2v) is 4.97. The molecule has 0 saturated carbocycles. The van der Waals surface area contributed by atoms with E-state index in [0.29, 0.717) is 23.3 Å². The van der Waals surface area contributed by atoms with Crippen molar-refractivity contribution in [2.75, 3.05) is 0 Å². The van der Waals surface area contributed by atoms with E-state index in [1.54, 1.807) is 30.3 Å². The monoisotopic (exact) mass is 289 g/mol. The van der Waals surface area contributed by atoms with E-state index >= 15 is 0 Å². The highest BCUT2D eigenvalue weighted by atomic mass is 16.5. The number of nitriles is 2. The van der Waals surface area contributed by atoms with Crippen LogP contribution in [0.5, 0.6) is 0 Å². The zero-order valence-electron chi connectivity index (χ0n) is 11.5. The molecule has 0 fully saturated rings. The van der Waals surface area contributed by atoms with Gasteiger partial charge in [-0.05, 0) is 23.8 Å². The summed E-state index contributed by atoms with van der Waals surface area (Å²) in [6.45, 7) is 0. The molecule has 1 aliphatic heterocycles. The van der Waals surface area contributed by atoms with E-state index in [-0.39, 0.29) is 17.2 Å². The Balaban J connectivity index is 2.16. The molecule has 22 heavy (non-hydrogen) atoms. The Kier molecular flexibility index (Phi) is 3.25. The first-order valence-corrected chi connectivity index (χ1v) is 6.67. The normalized spacial score (nSPS) is 20.1. The highest BCUT2D eigenvalue weighted by Gasteiger charge is 2.36. The molecule has 1 aromatic rings. The third-order valence-corrected chi connectivity index (χ3v) is 3.71. The molecule has 2 aliphatic rings. The maximum Gasteiger partial charge on any atom is 0.205 e. The van der Waals surface area contributed by atoms with Gasteiger partial charge >= 0.3 is 0 Å². The van der Waals surface area contributed by atoms with Gasteiger partial charge < -0.3 is 10.5 Å². The smallest absolute Gasteiger partial charge is 0.205 e. The summed E-state index contributed by atoms with van der Waals surface area (Å²) >= 11 is 0. The summed E-state index contributed by atoms with van der Waals surface area (Å²) < 4.78 is 5.45. The van der Waals surface area contributed by atoms with Crippen molar-refractivity contribution in [3.63, 3.8) is 0 Å². The van der Waals surface area contributed by atoms with Gasteiger partial charge in [0.1, 0.15) is 17.4 Å². The molecule has 0 aromatic heterocycles. The number of nitrogens with two attached hydrogens (primary N) is 1. The molecule has 1 unspecified atom stereocenters. The molecular formula is C17H11N3O2. The fourth-order valence-electron chi connectivity index (χ4n) is 2.69. The zero-order chi connectivity index (χ0) is 15.7. The number of carbonyl (C=O) groups is 1. The van der Waals surface area contributed by atoms with Crippen LogP contribution in [0.1, 0.15) is 23.5 Å². The minimum absolute atomic E-state index is 0.0266. The maximum absolute atomic E-state index is 12.3. The average Bonchev–Trinajstić information content (AvgIpc) is 2.54. The van der Waals surface area contributed by atoms with Crippen LogP contribution in [0.3, 0.4) is 0 Å². The summed E-state index contributed by atoms with van der Waals surface area (Å²) in [6, 6.07) is 10.8. The number of hydrogen-bond acceptors (Lipinski definition) is 5. The molecule has 5 nitrogen and oxygen atoms in total. The predicted molar refractivity (Wildman–Crippen MR) is 77.6 cm³/mol. The summed E-state index contributed by atoms with van der Waals surface area (Å²) in [4.78, 5) is 12.3. The van der Waals surface area contributed by atoms with Crippen LogP contribution in [0.2, 0.25) is 0 Å². The number of carbonyl (C=O) groups excluding carboxylic acids is 1. The minimum Gasteiger partial charge on any atom is -0.444 e. The highest BCUT2D eigenvalue weighted by Crippen LogP contribution is 2.41. The Labute approximate surface area is 127 Å². The minimum atomic E-state index is -0.557. The van der Waals surface area contributed by atoms with Gasteiger partial charge in [0.25, 0.3) is 0 Å². The number of allylic oxidation sites excluding steroid dienone is 4. The van der Waals surface area contributed by atoms with Crippen molar-refractivity contribution >= 4 is 5.78 Å². The SMILES string of the molecule is N#CC1=C(N)OC2=C(C(=O)C=CC2)C1c1ccc(C#N)cc1. The molecule has 0 saturated heterocycles. The predicted octanol–water partition coefficient (Wildman–Crippen LogP) is 2.15. The highest BCUT2D eigenvalue weighted by molar-refractivity contribution is 6.07. The lowest BCUT2D eigenvalue weighted by Gasteiger charge is -2.29. The molecule has 1 aromatic carbocycles. The standard InChI is InChI=1S/C17H11N3O2/c18-8-10-4-6-11(7-5-10)15-12(9-19)17(20)22-14-3-1-2-13(21)16(14)15/h1-2,4-7,15H,3,20H2. The Bertz CT molecular complexity index is 830. The van der Waals surface area contributed by atoms with Crippen LogP contribution >= 0.6 is 0 Å². The molecule has 2 N–H and O–H groups in total. The quantitative estimate of drug-likeness (QED) is 0.853. The van der Waals surface area contributed by atoms with Crippen molar-refractivity contribution < 1.29 is 9.53 Å². The van der Waals surface area contributed by atoms with E-state index < -0.39 is 5.92 Å². The molecule has 106 valence electrons. The van der Waals surface area contributed by atoms with Gasteiger partial charge in [0, 0.05) is 6.42 Å². The number of ether oxygens (including phenoxy) is 1. The van der Waals surface area contributed by atoms with Gasteiger partial charge in [0.15, 0.2) is 5.78 Å². The van der Waals surface area contributed by atoms with E-state index in [9.17, 15) is 10.1 Å². The topological polar surface area (TPSA) is 99.9 Å². The summed E-state index contributed by atoms with van der Waals surface area (Å²) in [5.41, 5.74) is 7.74. The Hall–Kier alpha value is -3.31. The summed E-state index contributed by atoms with van der Waals surface area (Å²) in [5.74, 6) is -0.230. The van der Waals surface area contributed by atoms with E-state index in [0.717, 1.165) is 5.56 Å². The Morgan fingerprint density at radius 1 is 1.18 bits per heavy atom. The molecule has 0 amide bonds. The van der Waals surface area contributed by atoms with Crippen LogP contribution < -0.4 is 5.73 Å². The fourth-order valence-corrected chi connectivity index (χ4v) is 2.69. The van der Waals surface area contributed by atoms with Crippen molar-refractivity contribution in [2.24, 2.45) is 5.73 Å². The van der Waals surface area contributed by atoms with Gasteiger partial charge in [-0.2, -0.15) is 10.5 Å². The van der Waals surface area contributed by atoms with Crippen LogP contribution in [-0.4, -0.2) is 5.78 Å².